The number of nitrogens with one attached hydrogen (secondary N) is 2. The number of hydrogen-bond acceptors (Lipinski definition) is 4. The molecule has 1 aliphatic rings. The molecule has 0 spiro atoms. The minimum absolute atomic E-state index is 0.0407. The highest BCUT2D eigenvalue weighted by Crippen LogP contribution is 2.13. The lowest BCUT2D eigenvalue weighted by Gasteiger charge is -2.27. The van der Waals surface area contributed by atoms with Crippen molar-refractivity contribution >= 4 is 17.6 Å². The fourth-order valence-corrected chi connectivity index (χ4v) is 2.81. The quantitative estimate of drug-likeness (QED) is 0.768. The molecule has 0 aliphatic carbocycles. The predicted octanol–water partition coefficient (Wildman–Crippen LogP) is 0.355. The van der Waals surface area contributed by atoms with Crippen LogP contribution in [0.5, 0.6) is 0 Å². The molecule has 0 aromatic heterocycles. The van der Waals surface area contributed by atoms with Gasteiger partial charge in [0.05, 0.1) is 36.9 Å². The number of rotatable bonds is 5. The van der Waals surface area contributed by atoms with Gasteiger partial charge in [0.15, 0.2) is 6.54 Å². The zero-order valence-electron chi connectivity index (χ0n) is 13.3. The summed E-state index contributed by atoms with van der Waals surface area (Å²) in [6, 6.07) is 9.01. The number of piperidine rings is 1. The first kappa shape index (κ1) is 17.0. The molecule has 1 fully saturated rings. The molecule has 1 saturated heterocycles. The summed E-state index contributed by atoms with van der Waals surface area (Å²) in [6.45, 7) is 4.11. The summed E-state index contributed by atoms with van der Waals surface area (Å²) in [5, 5.41) is 11.8. The van der Waals surface area contributed by atoms with E-state index in [0.29, 0.717) is 24.4 Å². The second-order valence-corrected chi connectivity index (χ2v) is 5.66. The van der Waals surface area contributed by atoms with Gasteiger partial charge in [-0.1, -0.05) is 12.1 Å². The number of para-hydroxylation sites is 1. The molecule has 0 saturated carbocycles. The summed E-state index contributed by atoms with van der Waals surface area (Å²) in [6.07, 6.45) is 1.49. The Hall–Kier alpha value is -2.39. The largest absolute Gasteiger partial charge is 0.466 e. The van der Waals surface area contributed by atoms with E-state index in [1.54, 1.807) is 24.3 Å². The Morgan fingerprint density at radius 2 is 2.04 bits per heavy atom. The smallest absolute Gasteiger partial charge is 0.309 e. The monoisotopic (exact) mass is 316 g/mol. The van der Waals surface area contributed by atoms with Crippen molar-refractivity contribution in [2.45, 2.75) is 19.8 Å². The molecule has 122 valence electrons. The first-order valence-corrected chi connectivity index (χ1v) is 7.93. The number of nitrogens with zero attached hydrogens (tertiary/aromatic N) is 1. The van der Waals surface area contributed by atoms with Gasteiger partial charge in [0.1, 0.15) is 6.07 Å². The van der Waals surface area contributed by atoms with E-state index in [9.17, 15) is 9.59 Å². The van der Waals surface area contributed by atoms with Crippen molar-refractivity contribution in [3.63, 3.8) is 0 Å². The number of benzene rings is 1. The molecule has 23 heavy (non-hydrogen) atoms. The normalized spacial score (nSPS) is 20.3. The molecule has 2 rings (SSSR count). The summed E-state index contributed by atoms with van der Waals surface area (Å²) < 4.78 is 5.04. The molecule has 1 aromatic carbocycles. The van der Waals surface area contributed by atoms with Crippen LogP contribution in [-0.2, 0) is 14.3 Å². The summed E-state index contributed by atoms with van der Waals surface area (Å²) in [7, 11) is 0. The zero-order chi connectivity index (χ0) is 16.7. The van der Waals surface area contributed by atoms with Crippen LogP contribution in [0.25, 0.3) is 0 Å². The maximum absolute atomic E-state index is 12.1. The Morgan fingerprint density at radius 3 is 2.70 bits per heavy atom. The van der Waals surface area contributed by atoms with Crippen molar-refractivity contribution < 1.29 is 19.2 Å². The Bertz CT molecular complexity index is 601. The van der Waals surface area contributed by atoms with E-state index >= 15 is 0 Å². The topological polar surface area (TPSA) is 83.6 Å². The van der Waals surface area contributed by atoms with E-state index in [1.807, 2.05) is 6.92 Å². The summed E-state index contributed by atoms with van der Waals surface area (Å²) in [4.78, 5) is 25.0. The lowest BCUT2D eigenvalue weighted by Crippen LogP contribution is -3.14. The first-order chi connectivity index (χ1) is 11.1. The van der Waals surface area contributed by atoms with Crippen LogP contribution in [0, 0.1) is 17.2 Å². The molecule has 0 unspecified atom stereocenters. The Kier molecular flexibility index (Phi) is 6.12. The number of likely N-dealkylation sites (tertiary alicyclic amines) is 1. The second-order valence-electron chi connectivity index (χ2n) is 5.66. The summed E-state index contributed by atoms with van der Waals surface area (Å²) in [5.74, 6) is -0.280. The van der Waals surface area contributed by atoms with Gasteiger partial charge in [0.2, 0.25) is 0 Å². The van der Waals surface area contributed by atoms with Gasteiger partial charge in [-0.15, -0.1) is 0 Å². The van der Waals surface area contributed by atoms with Gasteiger partial charge in [0, 0.05) is 12.8 Å². The first-order valence-electron chi connectivity index (χ1n) is 7.93. The zero-order valence-corrected chi connectivity index (χ0v) is 13.3. The number of quaternary nitrogens is 1. The van der Waals surface area contributed by atoms with Gasteiger partial charge < -0.3 is 15.0 Å². The molecule has 1 aliphatic heterocycles. The standard InChI is InChI=1S/C17H21N3O3/c1-2-23-17(22)13-7-9-20(10-8-13)12-16(21)19-15-6-4-3-5-14(15)11-18/h3-6,13H,2,7-10,12H2,1H3,(H,19,21)/p+1. The SMILES string of the molecule is CCOC(=O)C1CC[NH+](CC(=O)Nc2ccccc2C#N)CC1. The van der Waals surface area contributed by atoms with Crippen LogP contribution in [0.4, 0.5) is 5.69 Å². The van der Waals surface area contributed by atoms with Crippen molar-refractivity contribution in [3.05, 3.63) is 29.8 Å². The van der Waals surface area contributed by atoms with Crippen molar-refractivity contribution in [3.8, 4) is 6.07 Å². The van der Waals surface area contributed by atoms with Gasteiger partial charge in [-0.2, -0.15) is 5.26 Å². The molecular formula is C17H22N3O3+. The van der Waals surface area contributed by atoms with Crippen molar-refractivity contribution in [2.75, 3.05) is 31.6 Å². The van der Waals surface area contributed by atoms with Crippen molar-refractivity contribution in [2.24, 2.45) is 5.92 Å². The van der Waals surface area contributed by atoms with E-state index in [0.717, 1.165) is 30.8 Å². The maximum atomic E-state index is 12.1. The van der Waals surface area contributed by atoms with E-state index in [4.69, 9.17) is 10.00 Å². The number of hydrogen-bond donors (Lipinski definition) is 2. The number of anilines is 1. The van der Waals surface area contributed by atoms with Crippen LogP contribution in [0.2, 0.25) is 0 Å². The minimum atomic E-state index is -0.126. The van der Waals surface area contributed by atoms with Crippen LogP contribution in [0.15, 0.2) is 24.3 Å². The molecule has 0 radical (unpaired) electrons. The van der Waals surface area contributed by atoms with Crippen molar-refractivity contribution in [1.82, 2.24) is 0 Å². The van der Waals surface area contributed by atoms with E-state index in [-0.39, 0.29) is 17.8 Å². The average Bonchev–Trinajstić information content (AvgIpc) is 2.56. The Morgan fingerprint density at radius 1 is 1.35 bits per heavy atom. The number of esters is 1. The summed E-state index contributed by atoms with van der Waals surface area (Å²) in [5.41, 5.74) is 0.998. The maximum Gasteiger partial charge on any atom is 0.309 e. The van der Waals surface area contributed by atoms with Crippen LogP contribution >= 0.6 is 0 Å². The van der Waals surface area contributed by atoms with E-state index < -0.39 is 0 Å². The molecule has 0 bridgehead atoms. The van der Waals surface area contributed by atoms with Gasteiger partial charge in [-0.05, 0) is 19.1 Å². The molecule has 1 aromatic rings. The fourth-order valence-electron chi connectivity index (χ4n) is 2.81. The minimum Gasteiger partial charge on any atom is -0.466 e. The number of amides is 1. The van der Waals surface area contributed by atoms with Gasteiger partial charge in [0.25, 0.3) is 5.91 Å². The Labute approximate surface area is 136 Å². The van der Waals surface area contributed by atoms with Crippen LogP contribution in [-0.4, -0.2) is 38.1 Å². The van der Waals surface area contributed by atoms with Gasteiger partial charge in [-0.25, -0.2) is 0 Å². The Balaban J connectivity index is 1.81. The van der Waals surface area contributed by atoms with Crippen molar-refractivity contribution in [1.29, 1.82) is 5.26 Å². The third-order valence-corrected chi connectivity index (χ3v) is 4.04. The lowest BCUT2D eigenvalue weighted by molar-refractivity contribution is -0.897. The van der Waals surface area contributed by atoms with Crippen LogP contribution in [0.1, 0.15) is 25.3 Å². The van der Waals surface area contributed by atoms with Gasteiger partial charge in [-0.3, -0.25) is 9.59 Å². The molecule has 1 heterocycles. The second kappa shape index (κ2) is 8.30. The lowest BCUT2D eigenvalue weighted by atomic mass is 9.97. The highest BCUT2D eigenvalue weighted by molar-refractivity contribution is 5.92. The molecule has 1 amide bonds. The highest BCUT2D eigenvalue weighted by atomic mass is 16.5. The molecule has 6 heteroatoms. The molecular weight excluding hydrogens is 294 g/mol. The highest BCUT2D eigenvalue weighted by Gasteiger charge is 2.29. The van der Waals surface area contributed by atoms with E-state index in [2.05, 4.69) is 11.4 Å². The third-order valence-electron chi connectivity index (χ3n) is 4.04. The van der Waals surface area contributed by atoms with Gasteiger partial charge >= 0.3 is 5.97 Å². The predicted molar refractivity (Wildman–Crippen MR) is 84.7 cm³/mol. The number of nitriles is 1. The van der Waals surface area contributed by atoms with Crippen LogP contribution < -0.4 is 10.2 Å². The van der Waals surface area contributed by atoms with Crippen LogP contribution in [0.3, 0.4) is 0 Å². The van der Waals surface area contributed by atoms with E-state index in [1.165, 1.54) is 0 Å². The molecule has 0 atom stereocenters. The third kappa shape index (κ3) is 4.80. The molecule has 6 nitrogen and oxygen atoms in total. The summed E-state index contributed by atoms with van der Waals surface area (Å²) >= 11 is 0. The molecule has 2 N–H and O–H groups in total. The number of ether oxygens (including phenoxy) is 1. The number of carbonyl (C=O) groups is 2. The number of carbonyl (C=O) groups excluding carboxylic acids is 2. The fraction of sp³-hybridized carbons (Fsp3) is 0.471. The average molecular weight is 316 g/mol.